The summed E-state index contributed by atoms with van der Waals surface area (Å²) in [7, 11) is 0. The van der Waals surface area contributed by atoms with Crippen molar-refractivity contribution in [2.75, 3.05) is 19.6 Å². The molecule has 9 heteroatoms. The van der Waals surface area contributed by atoms with Gasteiger partial charge in [-0.1, -0.05) is 19.1 Å². The number of imide groups is 1. The number of allylic oxidation sites excluding steroid dienone is 2. The highest BCUT2D eigenvalue weighted by Gasteiger charge is 2.58. The fourth-order valence-corrected chi connectivity index (χ4v) is 5.33. The highest BCUT2D eigenvalue weighted by molar-refractivity contribution is 14.0. The lowest BCUT2D eigenvalue weighted by Gasteiger charge is -2.18. The molecule has 1 aliphatic heterocycles. The summed E-state index contributed by atoms with van der Waals surface area (Å²) in [6.07, 6.45) is 8.09. The Labute approximate surface area is 192 Å². The van der Waals surface area contributed by atoms with Gasteiger partial charge < -0.3 is 10.6 Å². The molecule has 7 nitrogen and oxygen atoms in total. The number of halogens is 1. The summed E-state index contributed by atoms with van der Waals surface area (Å²) < 4.78 is 0. The van der Waals surface area contributed by atoms with Gasteiger partial charge in [0.05, 0.1) is 18.4 Å². The summed E-state index contributed by atoms with van der Waals surface area (Å²) in [4.78, 5) is 37.1. The lowest BCUT2D eigenvalue weighted by Crippen LogP contribution is -2.43. The Kier molecular flexibility index (Phi) is 7.31. The van der Waals surface area contributed by atoms with Gasteiger partial charge in [0.15, 0.2) is 5.96 Å². The third kappa shape index (κ3) is 4.35. The number of fused-ring (bicyclic) bond motifs is 5. The number of hydrogen-bond acceptors (Lipinski definition) is 5. The molecular formula is C20H28IN5O2S. The van der Waals surface area contributed by atoms with E-state index in [0.29, 0.717) is 25.6 Å². The normalized spacial score (nSPS) is 27.4. The molecule has 2 bridgehead atoms. The zero-order chi connectivity index (χ0) is 19.7. The molecule has 3 aliphatic rings. The van der Waals surface area contributed by atoms with E-state index in [4.69, 9.17) is 0 Å². The molecule has 1 aromatic rings. The van der Waals surface area contributed by atoms with E-state index in [1.165, 1.54) is 9.78 Å². The quantitative estimate of drug-likeness (QED) is 0.186. The summed E-state index contributed by atoms with van der Waals surface area (Å²) >= 11 is 1.68. The van der Waals surface area contributed by atoms with Crippen molar-refractivity contribution in [1.29, 1.82) is 0 Å². The maximum absolute atomic E-state index is 12.7. The van der Waals surface area contributed by atoms with Crippen LogP contribution in [0.1, 0.15) is 30.2 Å². The fraction of sp³-hybridized carbons (Fsp3) is 0.600. The number of carbonyl (C=O) groups excluding carboxylic acids is 2. The summed E-state index contributed by atoms with van der Waals surface area (Å²) in [6.45, 7) is 6.25. The van der Waals surface area contributed by atoms with Crippen LogP contribution in [-0.2, 0) is 22.6 Å². The van der Waals surface area contributed by atoms with E-state index in [2.05, 4.69) is 39.7 Å². The van der Waals surface area contributed by atoms with E-state index in [0.717, 1.165) is 24.4 Å². The predicted molar refractivity (Wildman–Crippen MR) is 124 cm³/mol. The van der Waals surface area contributed by atoms with Gasteiger partial charge in [-0.15, -0.1) is 35.3 Å². The molecule has 0 radical (unpaired) electrons. The molecule has 2 fully saturated rings. The second kappa shape index (κ2) is 9.55. The van der Waals surface area contributed by atoms with Crippen molar-refractivity contribution in [2.24, 2.45) is 28.7 Å². The Hall–Kier alpha value is -1.49. The molecule has 2 aliphatic carbocycles. The smallest absolute Gasteiger partial charge is 0.233 e. The second-order valence-corrected chi connectivity index (χ2v) is 8.72. The minimum Gasteiger partial charge on any atom is -0.357 e. The summed E-state index contributed by atoms with van der Waals surface area (Å²) in [5, 5.41) is 7.42. The van der Waals surface area contributed by atoms with E-state index < -0.39 is 0 Å². The minimum absolute atomic E-state index is 0. The predicted octanol–water partition coefficient (Wildman–Crippen LogP) is 2.19. The largest absolute Gasteiger partial charge is 0.357 e. The molecule has 29 heavy (non-hydrogen) atoms. The summed E-state index contributed by atoms with van der Waals surface area (Å²) in [5.74, 6) is 0.959. The number of aryl methyl sites for hydroxylation is 1. The average molecular weight is 529 g/mol. The van der Waals surface area contributed by atoms with E-state index >= 15 is 0 Å². The van der Waals surface area contributed by atoms with Crippen molar-refractivity contribution in [3.63, 3.8) is 0 Å². The minimum atomic E-state index is -0.123. The van der Waals surface area contributed by atoms with Crippen LogP contribution in [0.2, 0.25) is 0 Å². The molecule has 158 valence electrons. The lowest BCUT2D eigenvalue weighted by molar-refractivity contribution is -0.140. The van der Waals surface area contributed by atoms with Crippen LogP contribution in [0, 0.1) is 23.7 Å². The second-order valence-electron chi connectivity index (χ2n) is 7.52. The SMILES string of the molecule is CCNC(=NCc1ncc(CC)s1)NCCN1C(=O)C2C3C=CC(C3)C2C1=O.I. The van der Waals surface area contributed by atoms with Crippen LogP contribution in [0.4, 0.5) is 0 Å². The number of nitrogens with zero attached hydrogens (tertiary/aromatic N) is 3. The molecule has 1 saturated carbocycles. The van der Waals surface area contributed by atoms with Crippen molar-refractivity contribution in [1.82, 2.24) is 20.5 Å². The number of rotatable bonds is 7. The van der Waals surface area contributed by atoms with Crippen molar-refractivity contribution in [3.05, 3.63) is 28.2 Å². The van der Waals surface area contributed by atoms with Crippen molar-refractivity contribution < 1.29 is 9.59 Å². The van der Waals surface area contributed by atoms with Crippen molar-refractivity contribution in [2.45, 2.75) is 33.2 Å². The molecule has 2 amide bonds. The zero-order valence-electron chi connectivity index (χ0n) is 16.8. The number of amides is 2. The lowest BCUT2D eigenvalue weighted by atomic mass is 9.85. The first-order valence-corrected chi connectivity index (χ1v) is 10.9. The Morgan fingerprint density at radius 3 is 2.48 bits per heavy atom. The maximum Gasteiger partial charge on any atom is 0.233 e. The number of likely N-dealkylation sites (tertiary alicyclic amines) is 1. The highest BCUT2D eigenvalue weighted by Crippen LogP contribution is 2.52. The molecule has 1 aromatic heterocycles. The molecule has 2 heterocycles. The van der Waals surface area contributed by atoms with Crippen molar-refractivity contribution in [3.8, 4) is 0 Å². The van der Waals surface area contributed by atoms with Gasteiger partial charge in [0, 0.05) is 30.7 Å². The molecule has 4 rings (SSSR count). The van der Waals surface area contributed by atoms with Gasteiger partial charge in [0.2, 0.25) is 11.8 Å². The van der Waals surface area contributed by atoms with Crippen LogP contribution in [0.3, 0.4) is 0 Å². The van der Waals surface area contributed by atoms with Gasteiger partial charge in [-0.25, -0.2) is 9.98 Å². The third-order valence-corrected chi connectivity index (χ3v) is 6.98. The standard InChI is InChI=1S/C20H27N5O2S.HI/c1-3-14-10-23-15(28-14)11-24-20(21-4-2)22-7-8-25-18(26)16-12-5-6-13(9-12)17(16)19(25)27;/h5-6,10,12-13,16-17H,3-4,7-9,11H2,1-2H3,(H2,21,22,24);1H. The average Bonchev–Trinajstić information content (AvgIpc) is 3.46. The van der Waals surface area contributed by atoms with Gasteiger partial charge in [0.25, 0.3) is 0 Å². The number of hydrogen-bond donors (Lipinski definition) is 2. The van der Waals surface area contributed by atoms with Gasteiger partial charge in [-0.3, -0.25) is 14.5 Å². The molecule has 0 aromatic carbocycles. The molecular weight excluding hydrogens is 501 g/mol. The van der Waals surface area contributed by atoms with Crippen molar-refractivity contribution >= 4 is 53.1 Å². The van der Waals surface area contributed by atoms with E-state index in [1.807, 2.05) is 13.1 Å². The highest BCUT2D eigenvalue weighted by atomic mass is 127. The molecule has 4 unspecified atom stereocenters. The molecule has 2 N–H and O–H groups in total. The molecule has 4 atom stereocenters. The van der Waals surface area contributed by atoms with Gasteiger partial charge in [-0.05, 0) is 31.6 Å². The van der Waals surface area contributed by atoms with E-state index in [1.54, 1.807) is 11.3 Å². The Balaban J connectivity index is 0.00000240. The number of thiazole rings is 1. The maximum atomic E-state index is 12.7. The van der Waals surface area contributed by atoms with Crippen LogP contribution in [0.15, 0.2) is 23.3 Å². The fourth-order valence-electron chi connectivity index (χ4n) is 4.54. The molecule has 0 spiro atoms. The van der Waals surface area contributed by atoms with E-state index in [-0.39, 0.29) is 59.5 Å². The first kappa shape index (κ1) is 22.2. The van der Waals surface area contributed by atoms with Crippen LogP contribution < -0.4 is 10.6 Å². The first-order valence-electron chi connectivity index (χ1n) is 10.1. The van der Waals surface area contributed by atoms with Crippen LogP contribution in [-0.4, -0.2) is 47.3 Å². The molecule has 1 saturated heterocycles. The topological polar surface area (TPSA) is 86.7 Å². The monoisotopic (exact) mass is 529 g/mol. The van der Waals surface area contributed by atoms with Gasteiger partial charge in [-0.2, -0.15) is 0 Å². The summed E-state index contributed by atoms with van der Waals surface area (Å²) in [6, 6.07) is 0. The third-order valence-electron chi connectivity index (χ3n) is 5.86. The van der Waals surface area contributed by atoms with Gasteiger partial charge >= 0.3 is 0 Å². The Morgan fingerprint density at radius 1 is 1.21 bits per heavy atom. The first-order chi connectivity index (χ1) is 13.6. The zero-order valence-corrected chi connectivity index (χ0v) is 19.9. The summed E-state index contributed by atoms with van der Waals surface area (Å²) in [5.41, 5.74) is 0. The van der Waals surface area contributed by atoms with Crippen LogP contribution in [0.5, 0.6) is 0 Å². The number of aromatic nitrogens is 1. The Morgan fingerprint density at radius 2 is 1.90 bits per heavy atom. The van der Waals surface area contributed by atoms with Crippen LogP contribution in [0.25, 0.3) is 0 Å². The number of guanidine groups is 1. The number of nitrogens with one attached hydrogen (secondary N) is 2. The Bertz CT molecular complexity index is 794. The van der Waals surface area contributed by atoms with E-state index in [9.17, 15) is 9.59 Å². The number of carbonyl (C=O) groups is 2. The van der Waals surface area contributed by atoms with Gasteiger partial charge in [0.1, 0.15) is 5.01 Å². The van der Waals surface area contributed by atoms with Crippen LogP contribution >= 0.6 is 35.3 Å². The number of aliphatic imine (C=N–C) groups is 1.